The van der Waals surface area contributed by atoms with E-state index in [4.69, 9.17) is 19.9 Å². The summed E-state index contributed by atoms with van der Waals surface area (Å²) >= 11 is 1.12. The smallest absolute Gasteiger partial charge is 0.340 e. The predicted octanol–water partition coefficient (Wildman–Crippen LogP) is 2.47. The number of thioether (sulfide) groups is 1. The van der Waals surface area contributed by atoms with Crippen LogP contribution in [-0.4, -0.2) is 43.9 Å². The Morgan fingerprint density at radius 1 is 1.10 bits per heavy atom. The van der Waals surface area contributed by atoms with Gasteiger partial charge in [-0.05, 0) is 31.2 Å². The van der Waals surface area contributed by atoms with Crippen LogP contribution < -0.4 is 20.5 Å². The largest absolute Gasteiger partial charge is 0.497 e. The van der Waals surface area contributed by atoms with Gasteiger partial charge in [-0.15, -0.1) is 11.8 Å². The van der Waals surface area contributed by atoms with Crippen molar-refractivity contribution in [3.05, 3.63) is 48.0 Å². The SMILES string of the molecule is COc1ccc(OC)c(NC(=O)C(C)OC(=O)c2ccccc2SCC(N)=O)c1. The highest BCUT2D eigenvalue weighted by Gasteiger charge is 2.22. The number of anilines is 1. The van der Waals surface area contributed by atoms with Crippen LogP contribution in [0.3, 0.4) is 0 Å². The molecule has 0 aliphatic heterocycles. The highest BCUT2D eigenvalue weighted by molar-refractivity contribution is 8.00. The van der Waals surface area contributed by atoms with Crippen LogP contribution >= 0.6 is 11.8 Å². The normalized spacial score (nSPS) is 11.3. The maximum Gasteiger partial charge on any atom is 0.340 e. The van der Waals surface area contributed by atoms with Gasteiger partial charge in [0.1, 0.15) is 11.5 Å². The minimum absolute atomic E-state index is 0.0238. The molecule has 0 aliphatic rings. The minimum Gasteiger partial charge on any atom is -0.497 e. The summed E-state index contributed by atoms with van der Waals surface area (Å²) in [7, 11) is 2.98. The Morgan fingerprint density at radius 2 is 1.83 bits per heavy atom. The van der Waals surface area contributed by atoms with Gasteiger partial charge >= 0.3 is 5.97 Å². The number of hydrogen-bond acceptors (Lipinski definition) is 7. The Bertz CT molecular complexity index is 902. The van der Waals surface area contributed by atoms with E-state index in [0.29, 0.717) is 22.1 Å². The van der Waals surface area contributed by atoms with Crippen LogP contribution in [0.1, 0.15) is 17.3 Å². The number of nitrogens with one attached hydrogen (secondary N) is 1. The molecule has 0 saturated heterocycles. The van der Waals surface area contributed by atoms with E-state index in [9.17, 15) is 14.4 Å². The molecule has 1 unspecified atom stereocenters. The molecule has 154 valence electrons. The second kappa shape index (κ2) is 10.4. The Balaban J connectivity index is 2.08. The zero-order valence-corrected chi connectivity index (χ0v) is 17.1. The Hall–Kier alpha value is -3.20. The van der Waals surface area contributed by atoms with Gasteiger partial charge in [0, 0.05) is 11.0 Å². The average Bonchev–Trinajstić information content (AvgIpc) is 2.72. The summed E-state index contributed by atoms with van der Waals surface area (Å²) in [4.78, 5) is 36.6. The van der Waals surface area contributed by atoms with E-state index in [1.54, 1.807) is 42.5 Å². The molecule has 0 fully saturated rings. The van der Waals surface area contributed by atoms with Gasteiger partial charge in [-0.2, -0.15) is 0 Å². The lowest BCUT2D eigenvalue weighted by Gasteiger charge is -2.16. The molecule has 9 heteroatoms. The van der Waals surface area contributed by atoms with Gasteiger partial charge < -0.3 is 25.3 Å². The number of carbonyl (C=O) groups is 3. The van der Waals surface area contributed by atoms with Crippen LogP contribution in [0.15, 0.2) is 47.4 Å². The first-order valence-electron chi connectivity index (χ1n) is 8.59. The first-order valence-corrected chi connectivity index (χ1v) is 9.58. The third-order valence-corrected chi connectivity index (χ3v) is 4.89. The van der Waals surface area contributed by atoms with E-state index in [1.165, 1.54) is 21.1 Å². The van der Waals surface area contributed by atoms with Crippen molar-refractivity contribution in [2.24, 2.45) is 5.73 Å². The van der Waals surface area contributed by atoms with Gasteiger partial charge in [-0.1, -0.05) is 12.1 Å². The Morgan fingerprint density at radius 3 is 2.48 bits per heavy atom. The second-order valence-electron chi connectivity index (χ2n) is 5.85. The van der Waals surface area contributed by atoms with Gasteiger partial charge in [0.25, 0.3) is 5.91 Å². The van der Waals surface area contributed by atoms with Crippen molar-refractivity contribution < 1.29 is 28.6 Å². The summed E-state index contributed by atoms with van der Waals surface area (Å²) in [6, 6.07) is 11.6. The highest BCUT2D eigenvalue weighted by atomic mass is 32.2. The summed E-state index contributed by atoms with van der Waals surface area (Å²) in [5.74, 6) is -0.726. The van der Waals surface area contributed by atoms with E-state index in [0.717, 1.165) is 11.8 Å². The van der Waals surface area contributed by atoms with E-state index >= 15 is 0 Å². The number of ether oxygens (including phenoxy) is 3. The molecule has 0 aliphatic carbocycles. The van der Waals surface area contributed by atoms with Crippen LogP contribution in [0.2, 0.25) is 0 Å². The Labute approximate surface area is 172 Å². The quantitative estimate of drug-likeness (QED) is 0.474. The zero-order chi connectivity index (χ0) is 21.4. The number of hydrogen-bond donors (Lipinski definition) is 2. The van der Waals surface area contributed by atoms with Crippen molar-refractivity contribution in [2.45, 2.75) is 17.9 Å². The van der Waals surface area contributed by atoms with Gasteiger partial charge in [0.15, 0.2) is 6.10 Å². The molecule has 8 nitrogen and oxygen atoms in total. The van der Waals surface area contributed by atoms with Crippen molar-refractivity contribution in [3.8, 4) is 11.5 Å². The molecular weight excluding hydrogens is 396 g/mol. The third-order valence-electron chi connectivity index (χ3n) is 3.79. The van der Waals surface area contributed by atoms with E-state index in [2.05, 4.69) is 5.32 Å². The maximum atomic E-state index is 12.5. The number of nitrogens with two attached hydrogens (primary N) is 1. The molecule has 0 spiro atoms. The molecule has 0 radical (unpaired) electrons. The molecule has 2 aromatic rings. The summed E-state index contributed by atoms with van der Waals surface area (Å²) < 4.78 is 15.7. The van der Waals surface area contributed by atoms with Gasteiger partial charge in [0.05, 0.1) is 31.2 Å². The topological polar surface area (TPSA) is 117 Å². The first kappa shape index (κ1) is 22.1. The van der Waals surface area contributed by atoms with Crippen LogP contribution in [0, 0.1) is 0 Å². The van der Waals surface area contributed by atoms with E-state index < -0.39 is 23.9 Å². The minimum atomic E-state index is -1.08. The van der Waals surface area contributed by atoms with Gasteiger partial charge in [-0.3, -0.25) is 9.59 Å². The van der Waals surface area contributed by atoms with Crippen LogP contribution in [-0.2, 0) is 14.3 Å². The number of primary amides is 1. The summed E-state index contributed by atoms with van der Waals surface area (Å²) in [6.07, 6.45) is -1.08. The fraction of sp³-hybridized carbons (Fsp3) is 0.250. The second-order valence-corrected chi connectivity index (χ2v) is 6.87. The summed E-state index contributed by atoms with van der Waals surface area (Å²) in [5.41, 5.74) is 5.79. The van der Waals surface area contributed by atoms with E-state index in [1.807, 2.05) is 0 Å². The molecule has 0 heterocycles. The molecule has 0 saturated carbocycles. The average molecular weight is 418 g/mol. The van der Waals surface area contributed by atoms with E-state index in [-0.39, 0.29) is 11.3 Å². The van der Waals surface area contributed by atoms with Crippen molar-refractivity contribution in [3.63, 3.8) is 0 Å². The fourth-order valence-corrected chi connectivity index (χ4v) is 3.11. The van der Waals surface area contributed by atoms with Crippen LogP contribution in [0.25, 0.3) is 0 Å². The molecule has 3 N–H and O–H groups in total. The monoisotopic (exact) mass is 418 g/mol. The number of benzene rings is 2. The number of amides is 2. The zero-order valence-electron chi connectivity index (χ0n) is 16.3. The maximum absolute atomic E-state index is 12.5. The molecule has 29 heavy (non-hydrogen) atoms. The van der Waals surface area contributed by atoms with Crippen LogP contribution in [0.5, 0.6) is 11.5 Å². The number of rotatable bonds is 9. The summed E-state index contributed by atoms with van der Waals surface area (Å²) in [6.45, 7) is 1.46. The lowest BCUT2D eigenvalue weighted by molar-refractivity contribution is -0.123. The van der Waals surface area contributed by atoms with Crippen molar-refractivity contribution >= 4 is 35.2 Å². The molecule has 1 atom stereocenters. The third kappa shape index (κ3) is 6.15. The molecule has 2 amide bonds. The molecule has 2 aromatic carbocycles. The van der Waals surface area contributed by atoms with Gasteiger partial charge in [0.2, 0.25) is 5.91 Å². The number of esters is 1. The number of carbonyl (C=O) groups excluding carboxylic acids is 3. The van der Waals surface area contributed by atoms with Gasteiger partial charge in [-0.25, -0.2) is 4.79 Å². The highest BCUT2D eigenvalue weighted by Crippen LogP contribution is 2.29. The summed E-state index contributed by atoms with van der Waals surface area (Å²) in [5, 5.41) is 2.66. The van der Waals surface area contributed by atoms with Crippen molar-refractivity contribution in [1.82, 2.24) is 0 Å². The predicted molar refractivity (Wildman–Crippen MR) is 109 cm³/mol. The molecule has 2 rings (SSSR count). The van der Waals surface area contributed by atoms with Crippen molar-refractivity contribution in [1.29, 1.82) is 0 Å². The molecular formula is C20H22N2O6S. The number of methoxy groups -OCH3 is 2. The Kier molecular flexibility index (Phi) is 7.90. The first-order chi connectivity index (χ1) is 13.8. The standard InChI is InChI=1S/C20H22N2O6S/c1-12(19(24)22-15-10-13(26-2)8-9-16(15)27-3)28-20(25)14-6-4-5-7-17(14)29-11-18(21)23/h4-10,12H,11H2,1-3H3,(H2,21,23)(H,22,24). The van der Waals surface area contributed by atoms with Crippen LogP contribution in [0.4, 0.5) is 5.69 Å². The van der Waals surface area contributed by atoms with Crippen molar-refractivity contribution in [2.75, 3.05) is 25.3 Å². The lowest BCUT2D eigenvalue weighted by Crippen LogP contribution is -2.30. The molecule has 0 aromatic heterocycles. The molecule has 0 bridgehead atoms. The lowest BCUT2D eigenvalue weighted by atomic mass is 10.2. The fourth-order valence-electron chi connectivity index (χ4n) is 2.33.